The number of sulfone groups is 1. The molecule has 2 unspecified atom stereocenters. The maximum atomic E-state index is 11.2. The summed E-state index contributed by atoms with van der Waals surface area (Å²) in [6, 6.07) is 0.962. The zero-order valence-electron chi connectivity index (χ0n) is 11.4. The minimum atomic E-state index is -2.85. The van der Waals surface area contributed by atoms with Crippen LogP contribution < -0.4 is 5.32 Å². The summed E-state index contributed by atoms with van der Waals surface area (Å²) in [4.78, 5) is 2.34. The van der Waals surface area contributed by atoms with E-state index in [0.717, 1.165) is 19.5 Å². The van der Waals surface area contributed by atoms with Crippen LogP contribution in [0.2, 0.25) is 0 Å². The monoisotopic (exact) mass is 262 g/mol. The molecule has 0 radical (unpaired) electrons. The first kappa shape index (κ1) is 14.9. The number of hydrogen-bond donors (Lipinski definition) is 1. The van der Waals surface area contributed by atoms with E-state index in [0.29, 0.717) is 24.5 Å². The molecule has 5 heteroatoms. The topological polar surface area (TPSA) is 49.4 Å². The zero-order chi connectivity index (χ0) is 13.1. The Hall–Kier alpha value is -0.130. The molecular formula is C12H26N2O2S. The van der Waals surface area contributed by atoms with Crippen molar-refractivity contribution in [1.82, 2.24) is 10.2 Å². The standard InChI is InChI=1S/C12H26N2O2S/c1-5-11-8-13-12(10(2)3)9-14(11)6-7-17(4,15)16/h10-13H,5-9H2,1-4H3. The van der Waals surface area contributed by atoms with Gasteiger partial charge in [0.15, 0.2) is 0 Å². The smallest absolute Gasteiger partial charge is 0.148 e. The Labute approximate surface area is 106 Å². The fourth-order valence-corrected chi connectivity index (χ4v) is 2.85. The number of hydrogen-bond acceptors (Lipinski definition) is 4. The first-order valence-electron chi connectivity index (χ1n) is 6.48. The summed E-state index contributed by atoms with van der Waals surface area (Å²) in [6.07, 6.45) is 2.39. The second kappa shape index (κ2) is 6.16. The third-order valence-corrected chi connectivity index (χ3v) is 4.51. The lowest BCUT2D eigenvalue weighted by molar-refractivity contribution is 0.117. The van der Waals surface area contributed by atoms with Crippen molar-refractivity contribution in [3.8, 4) is 0 Å². The molecule has 17 heavy (non-hydrogen) atoms. The third-order valence-electron chi connectivity index (χ3n) is 3.59. The molecule has 1 rings (SSSR count). The second-order valence-electron chi connectivity index (χ2n) is 5.45. The molecule has 1 heterocycles. The normalized spacial score (nSPS) is 27.6. The van der Waals surface area contributed by atoms with E-state index in [-0.39, 0.29) is 5.75 Å². The third kappa shape index (κ3) is 4.94. The minimum Gasteiger partial charge on any atom is -0.311 e. The first-order valence-corrected chi connectivity index (χ1v) is 8.54. The Morgan fingerprint density at radius 2 is 2.06 bits per heavy atom. The predicted molar refractivity (Wildman–Crippen MR) is 72.0 cm³/mol. The quantitative estimate of drug-likeness (QED) is 0.794. The Bertz CT molecular complexity index is 327. The Morgan fingerprint density at radius 3 is 2.53 bits per heavy atom. The van der Waals surface area contributed by atoms with Gasteiger partial charge in [-0.15, -0.1) is 0 Å². The van der Waals surface area contributed by atoms with Gasteiger partial charge in [-0.1, -0.05) is 20.8 Å². The van der Waals surface area contributed by atoms with Crippen LogP contribution in [0.4, 0.5) is 0 Å². The van der Waals surface area contributed by atoms with Gasteiger partial charge in [0.25, 0.3) is 0 Å². The molecule has 1 aliphatic rings. The molecule has 1 N–H and O–H groups in total. The van der Waals surface area contributed by atoms with Crippen LogP contribution in [-0.4, -0.2) is 57.0 Å². The van der Waals surface area contributed by atoms with Gasteiger partial charge in [-0.05, 0) is 12.3 Å². The summed E-state index contributed by atoms with van der Waals surface area (Å²) in [5, 5.41) is 3.56. The lowest BCUT2D eigenvalue weighted by Gasteiger charge is -2.41. The van der Waals surface area contributed by atoms with Crippen LogP contribution in [0.15, 0.2) is 0 Å². The second-order valence-corrected chi connectivity index (χ2v) is 7.71. The van der Waals surface area contributed by atoms with Crippen molar-refractivity contribution in [1.29, 1.82) is 0 Å². The van der Waals surface area contributed by atoms with E-state index in [9.17, 15) is 8.42 Å². The Kier molecular flexibility index (Phi) is 5.41. The van der Waals surface area contributed by atoms with Crippen molar-refractivity contribution in [2.75, 3.05) is 31.6 Å². The number of rotatable bonds is 5. The highest BCUT2D eigenvalue weighted by molar-refractivity contribution is 7.90. The summed E-state index contributed by atoms with van der Waals surface area (Å²) >= 11 is 0. The molecule has 0 aromatic carbocycles. The van der Waals surface area contributed by atoms with E-state index >= 15 is 0 Å². The van der Waals surface area contributed by atoms with Gasteiger partial charge in [0.1, 0.15) is 9.84 Å². The highest BCUT2D eigenvalue weighted by atomic mass is 32.2. The molecule has 2 atom stereocenters. The average molecular weight is 262 g/mol. The van der Waals surface area contributed by atoms with E-state index in [1.165, 1.54) is 6.26 Å². The molecule has 0 aromatic heterocycles. The van der Waals surface area contributed by atoms with E-state index in [4.69, 9.17) is 0 Å². The molecule has 102 valence electrons. The summed E-state index contributed by atoms with van der Waals surface area (Å²) in [5.74, 6) is 0.863. The van der Waals surface area contributed by atoms with Crippen LogP contribution in [-0.2, 0) is 9.84 Å². The summed E-state index contributed by atoms with van der Waals surface area (Å²) in [6.45, 7) is 9.18. The maximum absolute atomic E-state index is 11.2. The predicted octanol–water partition coefficient (Wildman–Crippen LogP) is 0.739. The van der Waals surface area contributed by atoms with Crippen molar-refractivity contribution in [2.24, 2.45) is 5.92 Å². The van der Waals surface area contributed by atoms with Gasteiger partial charge in [0.2, 0.25) is 0 Å². The Balaban J connectivity index is 2.57. The lowest BCUT2D eigenvalue weighted by atomic mass is 9.98. The fourth-order valence-electron chi connectivity index (χ4n) is 2.29. The van der Waals surface area contributed by atoms with Gasteiger partial charge < -0.3 is 5.32 Å². The highest BCUT2D eigenvalue weighted by Gasteiger charge is 2.28. The van der Waals surface area contributed by atoms with Crippen molar-refractivity contribution in [3.63, 3.8) is 0 Å². The molecule has 0 spiro atoms. The van der Waals surface area contributed by atoms with Crippen molar-refractivity contribution >= 4 is 9.84 Å². The number of nitrogens with one attached hydrogen (secondary N) is 1. The van der Waals surface area contributed by atoms with Gasteiger partial charge in [-0.25, -0.2) is 8.42 Å². The van der Waals surface area contributed by atoms with E-state index in [1.807, 2.05) is 0 Å². The van der Waals surface area contributed by atoms with Crippen LogP contribution in [0, 0.1) is 5.92 Å². The van der Waals surface area contributed by atoms with E-state index < -0.39 is 9.84 Å². The van der Waals surface area contributed by atoms with Crippen molar-refractivity contribution < 1.29 is 8.42 Å². The summed E-state index contributed by atoms with van der Waals surface area (Å²) < 4.78 is 22.5. The average Bonchev–Trinajstić information content (AvgIpc) is 2.24. The molecule has 4 nitrogen and oxygen atoms in total. The van der Waals surface area contributed by atoms with E-state index in [2.05, 4.69) is 31.0 Å². The molecule has 1 aliphatic heterocycles. The van der Waals surface area contributed by atoms with Gasteiger partial charge in [0.05, 0.1) is 5.75 Å². The molecule has 0 bridgehead atoms. The first-order chi connectivity index (χ1) is 7.83. The van der Waals surface area contributed by atoms with Crippen LogP contribution in [0.1, 0.15) is 27.2 Å². The van der Waals surface area contributed by atoms with Crippen LogP contribution in [0.5, 0.6) is 0 Å². The molecule has 0 aromatic rings. The van der Waals surface area contributed by atoms with Gasteiger partial charge in [0, 0.05) is 38.0 Å². The van der Waals surface area contributed by atoms with Crippen molar-refractivity contribution in [3.05, 3.63) is 0 Å². The fraction of sp³-hybridized carbons (Fsp3) is 1.00. The van der Waals surface area contributed by atoms with Crippen LogP contribution >= 0.6 is 0 Å². The van der Waals surface area contributed by atoms with E-state index in [1.54, 1.807) is 0 Å². The summed E-state index contributed by atoms with van der Waals surface area (Å²) in [7, 11) is -2.85. The van der Waals surface area contributed by atoms with Crippen LogP contribution in [0.25, 0.3) is 0 Å². The summed E-state index contributed by atoms with van der Waals surface area (Å²) in [5.41, 5.74) is 0. The lowest BCUT2D eigenvalue weighted by Crippen LogP contribution is -2.58. The van der Waals surface area contributed by atoms with Gasteiger partial charge >= 0.3 is 0 Å². The van der Waals surface area contributed by atoms with Crippen LogP contribution in [0.3, 0.4) is 0 Å². The maximum Gasteiger partial charge on any atom is 0.148 e. The number of piperazine rings is 1. The highest BCUT2D eigenvalue weighted by Crippen LogP contribution is 2.14. The largest absolute Gasteiger partial charge is 0.311 e. The molecular weight excluding hydrogens is 236 g/mol. The van der Waals surface area contributed by atoms with Crippen molar-refractivity contribution in [2.45, 2.75) is 39.3 Å². The molecule has 0 saturated carbocycles. The zero-order valence-corrected chi connectivity index (χ0v) is 12.3. The molecule has 1 saturated heterocycles. The Morgan fingerprint density at radius 1 is 1.41 bits per heavy atom. The molecule has 0 amide bonds. The molecule has 0 aliphatic carbocycles. The SMILES string of the molecule is CCC1CNC(C(C)C)CN1CCS(C)(=O)=O. The van der Waals surface area contributed by atoms with Gasteiger partial charge in [-0.3, -0.25) is 4.90 Å². The minimum absolute atomic E-state index is 0.272. The van der Waals surface area contributed by atoms with Gasteiger partial charge in [-0.2, -0.15) is 0 Å². The number of nitrogens with zero attached hydrogens (tertiary/aromatic N) is 1. The molecule has 1 fully saturated rings.